The number of benzene rings is 1. The van der Waals surface area contributed by atoms with Crippen molar-refractivity contribution in [1.82, 2.24) is 9.71 Å². The standard InChI is InChI=1S/C33H42ClN3O5S/c1-5-8-21(3)22(4)43(40,41)36-32(39)28-14-15-30-31(35-28)37(18-24-10-12-26(24)29(38)6-2)19-33(20-42-30)16-7-9-23-17-25(34)11-13-27(23)33/h5-6,11,13-15,17,21-22,24,26,29,38H,1-2,7-10,12,16,18-20H2,3-4H3,(H,36,39)/t21?,22?,24-,26+,29?,33-/m0/s1. The van der Waals surface area contributed by atoms with Gasteiger partial charge in [-0.25, -0.2) is 18.1 Å². The third kappa shape index (κ3) is 6.35. The minimum absolute atomic E-state index is 0.00237. The van der Waals surface area contributed by atoms with Crippen molar-refractivity contribution in [1.29, 1.82) is 0 Å². The fourth-order valence-electron chi connectivity index (χ4n) is 6.87. The smallest absolute Gasteiger partial charge is 0.283 e. The van der Waals surface area contributed by atoms with Crippen LogP contribution in [0.5, 0.6) is 5.75 Å². The number of anilines is 1. The molecule has 10 heteroatoms. The Kier molecular flexibility index (Phi) is 9.26. The normalized spacial score (nSPS) is 25.2. The Morgan fingerprint density at radius 1 is 1.28 bits per heavy atom. The van der Waals surface area contributed by atoms with E-state index < -0.39 is 27.3 Å². The molecule has 0 radical (unpaired) electrons. The molecule has 1 amide bonds. The highest BCUT2D eigenvalue weighted by Gasteiger charge is 2.44. The number of nitrogens with one attached hydrogen (secondary N) is 1. The van der Waals surface area contributed by atoms with Crippen LogP contribution in [0.1, 0.15) is 67.6 Å². The topological polar surface area (TPSA) is 109 Å². The maximum atomic E-state index is 13.3. The van der Waals surface area contributed by atoms with Crippen LogP contribution in [-0.2, 0) is 21.9 Å². The monoisotopic (exact) mass is 627 g/mol. The summed E-state index contributed by atoms with van der Waals surface area (Å²) in [5.74, 6) is 0.365. The summed E-state index contributed by atoms with van der Waals surface area (Å²) < 4.78 is 34.8. The molecule has 1 fully saturated rings. The van der Waals surface area contributed by atoms with Crippen LogP contribution in [0.25, 0.3) is 0 Å². The number of ether oxygens (including phenoxy) is 1. The molecule has 8 nitrogen and oxygen atoms in total. The molecule has 1 aromatic carbocycles. The molecule has 1 spiro atoms. The van der Waals surface area contributed by atoms with Gasteiger partial charge in [0.05, 0.1) is 18.0 Å². The number of hydrogen-bond donors (Lipinski definition) is 2. The van der Waals surface area contributed by atoms with Gasteiger partial charge in [-0.1, -0.05) is 36.7 Å². The lowest BCUT2D eigenvalue weighted by molar-refractivity contribution is 0.0459. The van der Waals surface area contributed by atoms with Gasteiger partial charge in [0.2, 0.25) is 10.0 Å². The zero-order valence-corrected chi connectivity index (χ0v) is 26.5. The summed E-state index contributed by atoms with van der Waals surface area (Å²) in [6.07, 6.45) is 7.92. The highest BCUT2D eigenvalue weighted by molar-refractivity contribution is 7.90. The van der Waals surface area contributed by atoms with Gasteiger partial charge in [0.15, 0.2) is 11.6 Å². The van der Waals surface area contributed by atoms with Gasteiger partial charge in [-0.05, 0) is 98.6 Å². The first kappa shape index (κ1) is 31.5. The van der Waals surface area contributed by atoms with Crippen molar-refractivity contribution < 1.29 is 23.1 Å². The minimum Gasteiger partial charge on any atom is -0.489 e. The molecular weight excluding hydrogens is 586 g/mol. The van der Waals surface area contributed by atoms with E-state index in [2.05, 4.69) is 28.8 Å². The third-order valence-corrected chi connectivity index (χ3v) is 11.9. The van der Waals surface area contributed by atoms with Crippen LogP contribution in [-0.4, -0.2) is 55.5 Å². The number of halogens is 1. The number of amides is 1. The highest BCUT2D eigenvalue weighted by Crippen LogP contribution is 2.46. The van der Waals surface area contributed by atoms with Crippen molar-refractivity contribution in [2.75, 3.05) is 24.6 Å². The van der Waals surface area contributed by atoms with E-state index in [4.69, 9.17) is 21.3 Å². The molecule has 2 aliphatic carbocycles. The number of allylic oxidation sites excluding steroid dienone is 1. The number of pyridine rings is 1. The Bertz CT molecular complexity index is 1500. The molecule has 2 heterocycles. The lowest BCUT2D eigenvalue weighted by Crippen LogP contribution is -2.49. The molecule has 3 aliphatic rings. The van der Waals surface area contributed by atoms with Gasteiger partial charge in [0.1, 0.15) is 5.69 Å². The summed E-state index contributed by atoms with van der Waals surface area (Å²) in [6, 6.07) is 9.30. The fraction of sp³-hybridized carbons (Fsp3) is 0.515. The number of nitrogens with zero attached hydrogens (tertiary/aromatic N) is 2. The highest BCUT2D eigenvalue weighted by atomic mass is 35.5. The van der Waals surface area contributed by atoms with Gasteiger partial charge in [0.25, 0.3) is 5.91 Å². The van der Waals surface area contributed by atoms with E-state index in [0.717, 1.165) is 32.1 Å². The number of aromatic nitrogens is 1. The number of rotatable bonds is 10. The molecule has 1 aromatic heterocycles. The number of aliphatic hydroxyl groups is 1. The van der Waals surface area contributed by atoms with Gasteiger partial charge in [0, 0.05) is 23.5 Å². The number of carbonyl (C=O) groups excluding carboxylic acids is 1. The average Bonchev–Trinajstić information content (AvgIpc) is 3.11. The minimum atomic E-state index is -3.94. The maximum Gasteiger partial charge on any atom is 0.283 e. The molecule has 1 saturated carbocycles. The Balaban J connectivity index is 1.49. The summed E-state index contributed by atoms with van der Waals surface area (Å²) >= 11 is 6.37. The number of aliphatic hydroxyl groups excluding tert-OH is 1. The second-order valence-electron chi connectivity index (χ2n) is 12.5. The summed E-state index contributed by atoms with van der Waals surface area (Å²) in [7, 11) is -3.94. The van der Waals surface area contributed by atoms with E-state index in [9.17, 15) is 18.3 Å². The summed E-state index contributed by atoms with van der Waals surface area (Å²) in [5, 5.41) is 10.5. The molecule has 3 unspecified atom stereocenters. The van der Waals surface area contributed by atoms with Crippen LogP contribution in [0.15, 0.2) is 55.6 Å². The molecule has 43 heavy (non-hydrogen) atoms. The first-order valence-corrected chi connectivity index (χ1v) is 17.1. The van der Waals surface area contributed by atoms with Crippen LogP contribution in [0.3, 0.4) is 0 Å². The Morgan fingerprint density at radius 2 is 2.07 bits per heavy atom. The molecule has 6 atom stereocenters. The lowest BCUT2D eigenvalue weighted by atomic mass is 9.68. The second-order valence-corrected chi connectivity index (χ2v) is 15.0. The van der Waals surface area contributed by atoms with Gasteiger partial charge < -0.3 is 14.7 Å². The largest absolute Gasteiger partial charge is 0.489 e. The predicted octanol–water partition coefficient (Wildman–Crippen LogP) is 5.44. The van der Waals surface area contributed by atoms with Crippen LogP contribution in [0.4, 0.5) is 5.82 Å². The van der Waals surface area contributed by atoms with Crippen LogP contribution < -0.4 is 14.4 Å². The summed E-state index contributed by atoms with van der Waals surface area (Å²) in [6.45, 7) is 12.5. The lowest BCUT2D eigenvalue weighted by Gasteiger charge is -2.45. The molecule has 1 aliphatic heterocycles. The van der Waals surface area contributed by atoms with Crippen LogP contribution in [0.2, 0.25) is 5.02 Å². The third-order valence-electron chi connectivity index (χ3n) is 9.78. The van der Waals surface area contributed by atoms with Gasteiger partial charge >= 0.3 is 0 Å². The molecule has 0 saturated heterocycles. The number of fused-ring (bicyclic) bond motifs is 3. The van der Waals surface area contributed by atoms with Crippen LogP contribution >= 0.6 is 11.6 Å². The first-order valence-electron chi connectivity index (χ1n) is 15.1. The number of hydrogen-bond acceptors (Lipinski definition) is 7. The zero-order valence-electron chi connectivity index (χ0n) is 25.0. The fourth-order valence-corrected chi connectivity index (χ4v) is 8.34. The van der Waals surface area contributed by atoms with Crippen molar-refractivity contribution in [2.45, 2.75) is 69.1 Å². The number of carbonyl (C=O) groups is 1. The zero-order chi connectivity index (χ0) is 30.9. The molecule has 0 bridgehead atoms. The Labute approximate surface area is 260 Å². The van der Waals surface area contributed by atoms with Crippen molar-refractivity contribution in [3.8, 4) is 5.75 Å². The van der Waals surface area contributed by atoms with Gasteiger partial charge in [-0.2, -0.15) is 0 Å². The average molecular weight is 628 g/mol. The van der Waals surface area contributed by atoms with E-state index in [-0.39, 0.29) is 28.9 Å². The summed E-state index contributed by atoms with van der Waals surface area (Å²) in [5.41, 5.74) is 2.11. The second kappa shape index (κ2) is 12.6. The van der Waals surface area contributed by atoms with E-state index in [1.807, 2.05) is 19.1 Å². The molecule has 5 rings (SSSR count). The van der Waals surface area contributed by atoms with Gasteiger partial charge in [-0.3, -0.25) is 4.79 Å². The molecule has 232 valence electrons. The number of aryl methyl sites for hydroxylation is 1. The van der Waals surface area contributed by atoms with E-state index in [1.54, 1.807) is 25.1 Å². The summed E-state index contributed by atoms with van der Waals surface area (Å²) in [4.78, 5) is 20.2. The predicted molar refractivity (Wildman–Crippen MR) is 170 cm³/mol. The molecule has 2 N–H and O–H groups in total. The SMILES string of the molecule is C=CCC(C)C(C)S(=O)(=O)NC(=O)c1ccc2c(n1)N(C[C@@H]1CC[C@H]1C(O)C=C)C[C@@]1(CCCc3cc(Cl)ccc31)CO2. The molecule has 2 aromatic rings. The van der Waals surface area contributed by atoms with Gasteiger partial charge in [-0.15, -0.1) is 13.2 Å². The Morgan fingerprint density at radius 3 is 2.77 bits per heavy atom. The van der Waals surface area contributed by atoms with Crippen LogP contribution in [0, 0.1) is 17.8 Å². The van der Waals surface area contributed by atoms with Crippen molar-refractivity contribution in [2.24, 2.45) is 17.8 Å². The van der Waals surface area contributed by atoms with E-state index >= 15 is 0 Å². The molecular formula is C33H42ClN3O5S. The maximum absolute atomic E-state index is 13.3. The first-order chi connectivity index (χ1) is 20.5. The van der Waals surface area contributed by atoms with Crippen molar-refractivity contribution >= 4 is 33.3 Å². The number of sulfonamides is 1. The van der Waals surface area contributed by atoms with Crippen molar-refractivity contribution in [3.05, 3.63) is 77.5 Å². The quantitative estimate of drug-likeness (QED) is 0.338. The van der Waals surface area contributed by atoms with E-state index in [0.29, 0.717) is 42.7 Å². The van der Waals surface area contributed by atoms with Crippen molar-refractivity contribution in [3.63, 3.8) is 0 Å². The Hall–Kier alpha value is -2.88. The van der Waals surface area contributed by atoms with E-state index in [1.165, 1.54) is 17.2 Å².